The van der Waals surface area contributed by atoms with Crippen molar-refractivity contribution in [3.05, 3.63) is 109 Å². The van der Waals surface area contributed by atoms with Gasteiger partial charge in [0.1, 0.15) is 19.3 Å². The first-order valence-electron chi connectivity index (χ1n) is 32.2. The van der Waals surface area contributed by atoms with Gasteiger partial charge in [-0.1, -0.05) is 265 Å². The first-order chi connectivity index (χ1) is 38.4. The van der Waals surface area contributed by atoms with Gasteiger partial charge < -0.3 is 19.4 Å². The van der Waals surface area contributed by atoms with Crippen LogP contribution in [0.5, 0.6) is 0 Å². The molecule has 3 unspecified atom stereocenters. The quantitative estimate of drug-likeness (QED) is 0.0156. The molecule has 79 heavy (non-hydrogen) atoms. The van der Waals surface area contributed by atoms with Crippen molar-refractivity contribution in [3.8, 4) is 0 Å². The Kier molecular flexibility index (Phi) is 55.4. The molecule has 0 spiro atoms. The standard InChI is InChI=1S/C69H121N2O7P/c1-7-10-13-16-19-22-25-28-29-30-31-32-33-34-35-36-37-38-39-40-41-44-47-50-53-56-59-62-69(73)78-67(60-57-54-51-48-45-42-26-23-20-17-14-11-8-2)66(65-77-79(74,75)76-64-63-71(4,5)6)70-68(72)61-58-55-52-49-46-43-27-24-21-18-15-12-9-3/h10,12-13,15,18-19,21-22,24,27-29,31-32,34-35,57,60,66-67H,7-9,11,14,16-17,20,23,25-26,30,33,36-56,58-59,61-65H2,1-6H3,(H-,70,72,74,75)/p+1/b13-10-,15-12+,21-18+,22-19-,27-24-,29-28-,32-31-,35-34-,60-57-. The van der Waals surface area contributed by atoms with Crippen molar-refractivity contribution in [1.29, 1.82) is 0 Å². The highest BCUT2D eigenvalue weighted by molar-refractivity contribution is 7.47. The maximum Gasteiger partial charge on any atom is 0.472 e. The summed E-state index contributed by atoms with van der Waals surface area (Å²) in [5.74, 6) is -0.535. The smallest absolute Gasteiger partial charge is 0.456 e. The molecule has 0 saturated heterocycles. The fourth-order valence-corrected chi connectivity index (χ4v) is 9.59. The second kappa shape index (κ2) is 57.9. The minimum atomic E-state index is -4.46. The van der Waals surface area contributed by atoms with Crippen LogP contribution < -0.4 is 5.32 Å². The van der Waals surface area contributed by atoms with Crippen molar-refractivity contribution in [2.45, 2.75) is 277 Å². The summed E-state index contributed by atoms with van der Waals surface area (Å²) in [4.78, 5) is 37.7. The summed E-state index contributed by atoms with van der Waals surface area (Å²) in [6, 6.07) is -0.866. The lowest BCUT2D eigenvalue weighted by molar-refractivity contribution is -0.870. The summed E-state index contributed by atoms with van der Waals surface area (Å²) >= 11 is 0. The highest BCUT2D eigenvalue weighted by Gasteiger charge is 2.30. The number of ether oxygens (including phenoxy) is 1. The first-order valence-corrected chi connectivity index (χ1v) is 33.7. The molecular formula is C69H122N2O7P+. The molecule has 0 radical (unpaired) electrons. The molecule has 0 bridgehead atoms. The normalized spacial score (nSPS) is 14.4. The number of carbonyl (C=O) groups excluding carboxylic acids is 2. The molecule has 0 aromatic carbocycles. The van der Waals surface area contributed by atoms with E-state index in [2.05, 4.69) is 123 Å². The molecule has 0 aliphatic carbocycles. The van der Waals surface area contributed by atoms with Gasteiger partial charge in [-0.25, -0.2) is 4.57 Å². The largest absolute Gasteiger partial charge is 0.472 e. The Balaban J connectivity index is 5.12. The summed E-state index contributed by atoms with van der Waals surface area (Å²) in [5, 5.41) is 3.04. The van der Waals surface area contributed by atoms with Gasteiger partial charge in [0.2, 0.25) is 5.91 Å². The summed E-state index contributed by atoms with van der Waals surface area (Å²) in [5.41, 5.74) is 0. The number of unbranched alkanes of at least 4 members (excludes halogenated alkanes) is 27. The number of amides is 1. The third kappa shape index (κ3) is 59.1. The van der Waals surface area contributed by atoms with Gasteiger partial charge in [0.25, 0.3) is 0 Å². The molecule has 0 aliphatic rings. The van der Waals surface area contributed by atoms with E-state index in [9.17, 15) is 19.0 Å². The molecule has 0 rings (SSSR count). The minimum Gasteiger partial charge on any atom is -0.456 e. The third-order valence-electron chi connectivity index (χ3n) is 13.8. The summed E-state index contributed by atoms with van der Waals surface area (Å²) in [6.07, 6.45) is 79.5. The highest BCUT2D eigenvalue weighted by atomic mass is 31.2. The van der Waals surface area contributed by atoms with Crippen LogP contribution in [-0.4, -0.2) is 74.3 Å². The number of nitrogens with zero attached hydrogens (tertiary/aromatic N) is 1. The Morgan fingerprint density at radius 1 is 0.468 bits per heavy atom. The summed E-state index contributed by atoms with van der Waals surface area (Å²) in [7, 11) is 1.47. The van der Waals surface area contributed by atoms with E-state index in [4.69, 9.17) is 13.8 Å². The van der Waals surface area contributed by atoms with Crippen LogP contribution in [0.2, 0.25) is 0 Å². The molecule has 0 saturated carbocycles. The predicted molar refractivity (Wildman–Crippen MR) is 341 cm³/mol. The van der Waals surface area contributed by atoms with Crippen molar-refractivity contribution in [3.63, 3.8) is 0 Å². The van der Waals surface area contributed by atoms with Crippen molar-refractivity contribution in [2.75, 3.05) is 40.9 Å². The third-order valence-corrected chi connectivity index (χ3v) is 14.8. The molecule has 0 aromatic heterocycles. The van der Waals surface area contributed by atoms with Gasteiger partial charge in [-0.2, -0.15) is 0 Å². The van der Waals surface area contributed by atoms with Crippen LogP contribution in [0.3, 0.4) is 0 Å². The van der Waals surface area contributed by atoms with E-state index in [0.29, 0.717) is 17.4 Å². The second-order valence-corrected chi connectivity index (χ2v) is 24.0. The number of nitrogens with one attached hydrogen (secondary N) is 1. The Bertz CT molecular complexity index is 1720. The number of carbonyl (C=O) groups is 2. The topological polar surface area (TPSA) is 111 Å². The van der Waals surface area contributed by atoms with Gasteiger partial charge in [0.05, 0.1) is 33.8 Å². The van der Waals surface area contributed by atoms with Gasteiger partial charge >= 0.3 is 13.8 Å². The molecule has 10 heteroatoms. The first kappa shape index (κ1) is 75.7. The zero-order chi connectivity index (χ0) is 57.9. The van der Waals surface area contributed by atoms with Gasteiger partial charge in [0, 0.05) is 12.8 Å². The zero-order valence-electron chi connectivity index (χ0n) is 51.8. The number of phosphoric acid groups is 1. The predicted octanol–water partition coefficient (Wildman–Crippen LogP) is 20.1. The van der Waals surface area contributed by atoms with Crippen LogP contribution in [-0.2, 0) is 27.9 Å². The molecule has 0 aliphatic heterocycles. The Labute approximate surface area is 487 Å². The van der Waals surface area contributed by atoms with E-state index in [0.717, 1.165) is 116 Å². The molecule has 1 amide bonds. The summed E-state index contributed by atoms with van der Waals surface area (Å²) < 4.78 is 30.7. The molecule has 0 fully saturated rings. The average Bonchev–Trinajstić information content (AvgIpc) is 3.41. The minimum absolute atomic E-state index is 0.0308. The van der Waals surface area contributed by atoms with E-state index in [-0.39, 0.29) is 31.5 Å². The fourth-order valence-electron chi connectivity index (χ4n) is 8.85. The Morgan fingerprint density at radius 3 is 1.35 bits per heavy atom. The lowest BCUT2D eigenvalue weighted by Gasteiger charge is -2.27. The lowest BCUT2D eigenvalue weighted by atomic mass is 10.0. The van der Waals surface area contributed by atoms with E-state index in [1.807, 2.05) is 33.3 Å². The van der Waals surface area contributed by atoms with Crippen LogP contribution in [0, 0.1) is 0 Å². The van der Waals surface area contributed by atoms with Crippen molar-refractivity contribution >= 4 is 19.7 Å². The summed E-state index contributed by atoms with van der Waals surface area (Å²) in [6.45, 7) is 6.75. The Hall–Kier alpha value is -3.33. The van der Waals surface area contributed by atoms with Crippen molar-refractivity contribution in [2.24, 2.45) is 0 Å². The van der Waals surface area contributed by atoms with E-state index in [1.165, 1.54) is 116 Å². The number of esters is 1. The van der Waals surface area contributed by atoms with Crippen LogP contribution in [0.4, 0.5) is 0 Å². The number of rotatable bonds is 57. The van der Waals surface area contributed by atoms with Crippen LogP contribution in [0.1, 0.15) is 265 Å². The number of quaternary nitrogens is 1. The molecule has 454 valence electrons. The zero-order valence-corrected chi connectivity index (χ0v) is 52.7. The molecule has 9 nitrogen and oxygen atoms in total. The van der Waals surface area contributed by atoms with Gasteiger partial charge in [0.15, 0.2) is 0 Å². The number of phosphoric ester groups is 1. The number of allylic oxidation sites excluding steroid dienone is 17. The number of hydrogen-bond acceptors (Lipinski definition) is 6. The van der Waals surface area contributed by atoms with Crippen LogP contribution in [0.15, 0.2) is 109 Å². The molecule has 0 aromatic rings. The number of likely N-dealkylation sites (N-methyl/N-ethyl adjacent to an activating group) is 1. The fraction of sp³-hybridized carbons (Fsp3) is 0.710. The van der Waals surface area contributed by atoms with Gasteiger partial charge in [-0.15, -0.1) is 0 Å². The molecule has 3 atom stereocenters. The lowest BCUT2D eigenvalue weighted by Crippen LogP contribution is -2.47. The van der Waals surface area contributed by atoms with Crippen molar-refractivity contribution in [1.82, 2.24) is 5.32 Å². The SMILES string of the molecule is CC/C=C\C/C=C\C/C=C\C/C=C\C/C=C\CCCCCCCCCCCCCC(=O)OC(/C=C\CCCCCCCCCCCCC)C(COP(=O)(O)OCC[N+](C)(C)C)NC(=O)CCCCCCC\C=C/C=C/C=C/CC. The molecule has 0 heterocycles. The Morgan fingerprint density at radius 2 is 0.873 bits per heavy atom. The maximum atomic E-state index is 13.5. The van der Waals surface area contributed by atoms with Crippen LogP contribution >= 0.6 is 7.82 Å². The van der Waals surface area contributed by atoms with Gasteiger partial charge in [-0.05, 0) is 96.0 Å². The molecular weight excluding hydrogens is 1000 g/mol. The van der Waals surface area contributed by atoms with E-state index in [1.54, 1.807) is 0 Å². The average molecular weight is 1120 g/mol. The second-order valence-electron chi connectivity index (χ2n) is 22.6. The maximum absolute atomic E-state index is 13.5. The monoisotopic (exact) mass is 1120 g/mol. The van der Waals surface area contributed by atoms with Crippen molar-refractivity contribution < 1.29 is 37.3 Å². The van der Waals surface area contributed by atoms with E-state index >= 15 is 0 Å². The number of hydrogen-bond donors (Lipinski definition) is 2. The van der Waals surface area contributed by atoms with E-state index < -0.39 is 20.0 Å². The highest BCUT2D eigenvalue weighted by Crippen LogP contribution is 2.43. The van der Waals surface area contributed by atoms with Gasteiger partial charge in [-0.3, -0.25) is 18.6 Å². The van der Waals surface area contributed by atoms with Crippen LogP contribution in [0.25, 0.3) is 0 Å². The molecule has 2 N–H and O–H groups in total.